The number of carbonyl (C=O) groups is 3. The zero-order valence-electron chi connectivity index (χ0n) is 17.4. The van der Waals surface area contributed by atoms with Gasteiger partial charge in [0.25, 0.3) is 0 Å². The van der Waals surface area contributed by atoms with E-state index in [4.69, 9.17) is 9.47 Å². The van der Waals surface area contributed by atoms with Gasteiger partial charge in [-0.25, -0.2) is 14.6 Å². The van der Waals surface area contributed by atoms with Crippen molar-refractivity contribution < 1.29 is 23.9 Å². The molecule has 2 fully saturated rings. The van der Waals surface area contributed by atoms with Crippen LogP contribution in [0.25, 0.3) is 0 Å². The first-order valence-electron chi connectivity index (χ1n) is 10.5. The average molecular weight is 444 g/mol. The summed E-state index contributed by atoms with van der Waals surface area (Å²) < 4.78 is 10.2. The summed E-state index contributed by atoms with van der Waals surface area (Å²) in [4.78, 5) is 44.7. The Kier molecular flexibility index (Phi) is 6.50. The Morgan fingerprint density at radius 1 is 1.23 bits per heavy atom. The number of nitrogens with zero attached hydrogens (tertiary/aromatic N) is 3. The van der Waals surface area contributed by atoms with Crippen LogP contribution < -0.4 is 0 Å². The second kappa shape index (κ2) is 9.47. The van der Waals surface area contributed by atoms with Crippen molar-refractivity contribution >= 4 is 29.3 Å². The molecule has 0 aliphatic carbocycles. The Morgan fingerprint density at radius 3 is 2.68 bits per heavy atom. The molecule has 3 heterocycles. The molecule has 0 bridgehead atoms. The van der Waals surface area contributed by atoms with Crippen molar-refractivity contribution in [2.45, 2.75) is 31.7 Å². The normalized spacial score (nSPS) is 19.4. The van der Waals surface area contributed by atoms with Crippen molar-refractivity contribution in [2.24, 2.45) is 0 Å². The summed E-state index contributed by atoms with van der Waals surface area (Å²) in [6.45, 7) is 3.54. The number of carbonyl (C=O) groups excluding carboxylic acids is 3. The van der Waals surface area contributed by atoms with E-state index in [9.17, 15) is 14.4 Å². The van der Waals surface area contributed by atoms with Gasteiger partial charge in [-0.3, -0.25) is 9.69 Å². The van der Waals surface area contributed by atoms with E-state index in [2.05, 4.69) is 4.98 Å². The maximum atomic E-state index is 12.9. The lowest BCUT2D eigenvalue weighted by Crippen LogP contribution is -2.44. The van der Waals surface area contributed by atoms with Crippen LogP contribution >= 0.6 is 11.3 Å². The minimum Gasteiger partial charge on any atom is -0.461 e. The third-order valence-corrected chi connectivity index (χ3v) is 6.68. The second-order valence-corrected chi connectivity index (χ2v) is 8.47. The standard InChI is InChI=1S/C22H25N3O5S/c1-2-29-21(27)17-14-31-20(23-17)16-8-10-24(11-9-16)19(26)12-25-18(13-30-22(25)28)15-6-4-3-5-7-15/h3-7,14,16,18H,2,8-13H2,1H3. The van der Waals surface area contributed by atoms with E-state index in [1.165, 1.54) is 16.2 Å². The summed E-state index contributed by atoms with van der Waals surface area (Å²) >= 11 is 1.46. The lowest BCUT2D eigenvalue weighted by molar-refractivity contribution is -0.133. The van der Waals surface area contributed by atoms with Crippen LogP contribution in [0.4, 0.5) is 4.79 Å². The molecule has 8 nitrogen and oxygen atoms in total. The number of esters is 1. The van der Waals surface area contributed by atoms with Crippen LogP contribution in [0.15, 0.2) is 35.7 Å². The van der Waals surface area contributed by atoms with Gasteiger partial charge in [0.1, 0.15) is 13.2 Å². The fraction of sp³-hybridized carbons (Fsp3) is 0.455. The predicted octanol–water partition coefficient (Wildman–Crippen LogP) is 3.22. The van der Waals surface area contributed by atoms with Gasteiger partial charge in [-0.2, -0.15) is 0 Å². The smallest absolute Gasteiger partial charge is 0.410 e. The predicted molar refractivity (Wildman–Crippen MR) is 114 cm³/mol. The number of amides is 2. The Morgan fingerprint density at radius 2 is 1.97 bits per heavy atom. The minimum atomic E-state index is -0.452. The van der Waals surface area contributed by atoms with E-state index in [-0.39, 0.29) is 31.0 Å². The van der Waals surface area contributed by atoms with Gasteiger partial charge < -0.3 is 14.4 Å². The molecule has 1 atom stereocenters. The van der Waals surface area contributed by atoms with Crippen LogP contribution in [0.5, 0.6) is 0 Å². The summed E-state index contributed by atoms with van der Waals surface area (Å²) in [7, 11) is 0. The van der Waals surface area contributed by atoms with Gasteiger partial charge in [0, 0.05) is 24.4 Å². The number of hydrogen-bond donors (Lipinski definition) is 0. The van der Waals surface area contributed by atoms with Crippen molar-refractivity contribution in [3.05, 3.63) is 52.0 Å². The zero-order valence-corrected chi connectivity index (χ0v) is 18.2. The van der Waals surface area contributed by atoms with Crippen molar-refractivity contribution in [3.63, 3.8) is 0 Å². The number of rotatable bonds is 6. The molecule has 0 spiro atoms. The van der Waals surface area contributed by atoms with Crippen LogP contribution in [0, 0.1) is 0 Å². The molecule has 31 heavy (non-hydrogen) atoms. The largest absolute Gasteiger partial charge is 0.461 e. The van der Waals surface area contributed by atoms with Crippen molar-refractivity contribution in [1.29, 1.82) is 0 Å². The molecule has 9 heteroatoms. The summed E-state index contributed by atoms with van der Waals surface area (Å²) in [5.41, 5.74) is 1.31. The molecule has 1 aromatic carbocycles. The molecule has 1 unspecified atom stereocenters. The number of hydrogen-bond acceptors (Lipinski definition) is 7. The minimum absolute atomic E-state index is 0.00726. The lowest BCUT2D eigenvalue weighted by Gasteiger charge is -2.32. The first-order chi connectivity index (χ1) is 15.1. The van der Waals surface area contributed by atoms with Crippen molar-refractivity contribution in [3.8, 4) is 0 Å². The quantitative estimate of drug-likeness (QED) is 0.637. The van der Waals surface area contributed by atoms with Crippen molar-refractivity contribution in [1.82, 2.24) is 14.8 Å². The Hall–Kier alpha value is -2.94. The number of benzene rings is 1. The molecule has 4 rings (SSSR count). The van der Waals surface area contributed by atoms with Crippen LogP contribution in [-0.4, -0.2) is 65.6 Å². The van der Waals surface area contributed by atoms with E-state index >= 15 is 0 Å². The molecule has 0 saturated carbocycles. The fourth-order valence-electron chi connectivity index (χ4n) is 3.97. The molecule has 164 valence electrons. The van der Waals surface area contributed by atoms with Gasteiger partial charge in [-0.05, 0) is 25.3 Å². The fourth-order valence-corrected chi connectivity index (χ4v) is 4.93. The molecule has 2 saturated heterocycles. The zero-order chi connectivity index (χ0) is 21.8. The highest BCUT2D eigenvalue weighted by atomic mass is 32.1. The number of likely N-dealkylation sites (tertiary alicyclic amines) is 1. The summed E-state index contributed by atoms with van der Waals surface area (Å²) in [6, 6.07) is 9.37. The SMILES string of the molecule is CCOC(=O)c1csc(C2CCN(C(=O)CN3C(=O)OCC3c3ccccc3)CC2)n1. The molecule has 2 aromatic rings. The third kappa shape index (κ3) is 4.71. The van der Waals surface area contributed by atoms with Gasteiger partial charge in [0.05, 0.1) is 17.7 Å². The highest BCUT2D eigenvalue weighted by Gasteiger charge is 2.37. The maximum absolute atomic E-state index is 12.9. The van der Waals surface area contributed by atoms with E-state index in [0.717, 1.165) is 23.4 Å². The van der Waals surface area contributed by atoms with Crippen LogP contribution in [0.1, 0.15) is 52.8 Å². The Labute approximate surface area is 184 Å². The number of thiazole rings is 1. The van der Waals surface area contributed by atoms with Gasteiger partial charge in [0.15, 0.2) is 5.69 Å². The monoisotopic (exact) mass is 443 g/mol. The molecule has 1 aromatic heterocycles. The first kappa shape index (κ1) is 21.3. The number of cyclic esters (lactones) is 1. The van der Waals surface area contributed by atoms with E-state index in [1.54, 1.807) is 17.2 Å². The highest BCUT2D eigenvalue weighted by Crippen LogP contribution is 2.31. The van der Waals surface area contributed by atoms with E-state index in [1.807, 2.05) is 30.3 Å². The third-order valence-electron chi connectivity index (χ3n) is 5.67. The molecule has 2 aliphatic rings. The van der Waals surface area contributed by atoms with E-state index < -0.39 is 12.1 Å². The second-order valence-electron chi connectivity index (χ2n) is 7.58. The summed E-state index contributed by atoms with van der Waals surface area (Å²) in [5.74, 6) is -0.265. The average Bonchev–Trinajstić information content (AvgIpc) is 3.42. The first-order valence-corrected chi connectivity index (χ1v) is 11.3. The molecular formula is C22H25N3O5S. The molecule has 2 amide bonds. The van der Waals surface area contributed by atoms with Crippen LogP contribution in [0.2, 0.25) is 0 Å². The Balaban J connectivity index is 1.33. The summed E-state index contributed by atoms with van der Waals surface area (Å²) in [6.07, 6.45) is 1.09. The van der Waals surface area contributed by atoms with Crippen LogP contribution in [0.3, 0.4) is 0 Å². The lowest BCUT2D eigenvalue weighted by atomic mass is 9.97. The number of ether oxygens (including phenoxy) is 2. The van der Waals surface area contributed by atoms with Gasteiger partial charge in [-0.15, -0.1) is 11.3 Å². The van der Waals surface area contributed by atoms with Gasteiger partial charge in [-0.1, -0.05) is 30.3 Å². The van der Waals surface area contributed by atoms with E-state index in [0.29, 0.717) is 25.4 Å². The molecule has 0 radical (unpaired) electrons. The van der Waals surface area contributed by atoms with Gasteiger partial charge >= 0.3 is 12.1 Å². The summed E-state index contributed by atoms with van der Waals surface area (Å²) in [5, 5.41) is 2.63. The number of aromatic nitrogens is 1. The molecular weight excluding hydrogens is 418 g/mol. The van der Waals surface area contributed by atoms with Gasteiger partial charge in [0.2, 0.25) is 5.91 Å². The molecule has 2 aliphatic heterocycles. The van der Waals surface area contributed by atoms with Crippen molar-refractivity contribution in [2.75, 3.05) is 32.8 Å². The maximum Gasteiger partial charge on any atom is 0.410 e. The number of piperidine rings is 1. The molecule has 0 N–H and O–H groups in total. The highest BCUT2D eigenvalue weighted by molar-refractivity contribution is 7.09. The Bertz CT molecular complexity index is 940. The topological polar surface area (TPSA) is 89.0 Å². The van der Waals surface area contributed by atoms with Crippen LogP contribution in [-0.2, 0) is 14.3 Å².